The maximum atomic E-state index is 6.05. The van der Waals surface area contributed by atoms with Crippen molar-refractivity contribution >= 4 is 34.8 Å². The van der Waals surface area contributed by atoms with Crippen molar-refractivity contribution in [1.29, 1.82) is 0 Å². The quantitative estimate of drug-likeness (QED) is 0.606. The maximum absolute atomic E-state index is 6.05. The zero-order valence-corrected chi connectivity index (χ0v) is 10.4. The van der Waals surface area contributed by atoms with Gasteiger partial charge in [-0.3, -0.25) is 0 Å². The van der Waals surface area contributed by atoms with Gasteiger partial charge in [-0.25, -0.2) is 9.97 Å². The van der Waals surface area contributed by atoms with Gasteiger partial charge >= 0.3 is 0 Å². The summed E-state index contributed by atoms with van der Waals surface area (Å²) in [6.07, 6.45) is 0. The Morgan fingerprint density at radius 2 is 1.50 bits per heavy atom. The van der Waals surface area contributed by atoms with Crippen LogP contribution in [0, 0.1) is 0 Å². The predicted octanol–water partition coefficient (Wildman–Crippen LogP) is 4.19. The Morgan fingerprint density at radius 1 is 0.938 bits per heavy atom. The molecule has 0 spiro atoms. The lowest BCUT2D eigenvalue weighted by Gasteiger charge is -2.06. The molecule has 16 heavy (non-hydrogen) atoms. The molecular formula is C11H7Cl3N2. The topological polar surface area (TPSA) is 25.8 Å². The highest BCUT2D eigenvalue weighted by molar-refractivity contribution is 6.37. The second-order valence-electron chi connectivity index (χ2n) is 3.10. The highest BCUT2D eigenvalue weighted by Crippen LogP contribution is 2.32. The molecule has 0 aliphatic rings. The molecule has 0 aliphatic carbocycles. The lowest BCUT2D eigenvalue weighted by atomic mass is 10.1. The fourth-order valence-electron chi connectivity index (χ4n) is 1.35. The van der Waals surface area contributed by atoms with Crippen LogP contribution < -0.4 is 0 Å². The molecule has 2 rings (SSSR count). The first kappa shape index (κ1) is 11.6. The van der Waals surface area contributed by atoms with E-state index in [0.717, 1.165) is 5.56 Å². The number of halogens is 3. The van der Waals surface area contributed by atoms with Crippen LogP contribution in [0.15, 0.2) is 30.3 Å². The van der Waals surface area contributed by atoms with Gasteiger partial charge in [0, 0.05) is 0 Å². The molecule has 0 saturated carbocycles. The van der Waals surface area contributed by atoms with Crippen LogP contribution in [0.2, 0.25) is 10.3 Å². The third-order valence-electron chi connectivity index (χ3n) is 2.05. The third-order valence-corrected chi connectivity index (χ3v) is 2.84. The molecule has 2 nitrogen and oxygen atoms in total. The number of benzene rings is 1. The molecule has 0 saturated heterocycles. The summed E-state index contributed by atoms with van der Waals surface area (Å²) in [5, 5.41) is 0.642. The standard InChI is InChI=1S/C11H7Cl3N2/c12-6-8-15-10(13)9(11(14)16-8)7-4-2-1-3-5-7/h1-5H,6H2. The van der Waals surface area contributed by atoms with Gasteiger partial charge in [0.2, 0.25) is 0 Å². The lowest BCUT2D eigenvalue weighted by molar-refractivity contribution is 1.03. The van der Waals surface area contributed by atoms with Crippen LogP contribution >= 0.6 is 34.8 Å². The van der Waals surface area contributed by atoms with E-state index in [1.54, 1.807) is 0 Å². The van der Waals surface area contributed by atoms with E-state index in [0.29, 0.717) is 21.7 Å². The number of alkyl halides is 1. The molecule has 0 unspecified atom stereocenters. The third kappa shape index (κ3) is 2.29. The SMILES string of the molecule is ClCc1nc(Cl)c(-c2ccccc2)c(Cl)n1. The first-order chi connectivity index (χ1) is 7.72. The van der Waals surface area contributed by atoms with E-state index in [1.165, 1.54) is 0 Å². The summed E-state index contributed by atoms with van der Waals surface area (Å²) in [7, 11) is 0. The van der Waals surface area contributed by atoms with Crippen LogP contribution in [0.25, 0.3) is 11.1 Å². The molecule has 1 aromatic heterocycles. The minimum Gasteiger partial charge on any atom is -0.219 e. The average Bonchev–Trinajstić information content (AvgIpc) is 2.29. The molecule has 1 heterocycles. The molecule has 0 aliphatic heterocycles. The predicted molar refractivity (Wildman–Crippen MR) is 67.0 cm³/mol. The van der Waals surface area contributed by atoms with Gasteiger partial charge in [-0.2, -0.15) is 0 Å². The van der Waals surface area contributed by atoms with E-state index in [4.69, 9.17) is 34.8 Å². The molecule has 82 valence electrons. The van der Waals surface area contributed by atoms with E-state index >= 15 is 0 Å². The van der Waals surface area contributed by atoms with E-state index < -0.39 is 0 Å². The first-order valence-corrected chi connectivity index (χ1v) is 5.84. The van der Waals surface area contributed by atoms with Crippen molar-refractivity contribution in [3.8, 4) is 11.1 Å². The molecule has 0 bridgehead atoms. The van der Waals surface area contributed by atoms with Crippen molar-refractivity contribution in [2.75, 3.05) is 0 Å². The zero-order chi connectivity index (χ0) is 11.5. The monoisotopic (exact) mass is 272 g/mol. The fraction of sp³-hybridized carbons (Fsp3) is 0.0909. The van der Waals surface area contributed by atoms with Crippen molar-refractivity contribution in [3.63, 3.8) is 0 Å². The van der Waals surface area contributed by atoms with Gasteiger partial charge in [-0.15, -0.1) is 11.6 Å². The lowest BCUT2D eigenvalue weighted by Crippen LogP contribution is -1.95. The van der Waals surface area contributed by atoms with Crippen LogP contribution in [-0.2, 0) is 5.88 Å². The summed E-state index contributed by atoms with van der Waals surface area (Å²) >= 11 is 17.7. The Balaban J connectivity index is 2.58. The van der Waals surface area contributed by atoms with Crippen LogP contribution in [0.1, 0.15) is 5.82 Å². The number of hydrogen-bond donors (Lipinski definition) is 0. The maximum Gasteiger partial charge on any atom is 0.146 e. The highest BCUT2D eigenvalue weighted by Gasteiger charge is 2.12. The second-order valence-corrected chi connectivity index (χ2v) is 4.08. The fourth-order valence-corrected chi connectivity index (χ4v) is 2.11. The van der Waals surface area contributed by atoms with Crippen molar-refractivity contribution < 1.29 is 0 Å². The molecule has 2 aromatic rings. The minimum absolute atomic E-state index is 0.189. The minimum atomic E-state index is 0.189. The molecule has 5 heteroatoms. The van der Waals surface area contributed by atoms with Crippen molar-refractivity contribution in [2.24, 2.45) is 0 Å². The molecule has 0 radical (unpaired) electrons. The summed E-state index contributed by atoms with van der Waals surface area (Å²) in [5.74, 6) is 0.616. The van der Waals surface area contributed by atoms with Crippen molar-refractivity contribution in [1.82, 2.24) is 9.97 Å². The molecule has 0 amide bonds. The summed E-state index contributed by atoms with van der Waals surface area (Å²) in [4.78, 5) is 8.13. The van der Waals surface area contributed by atoms with Crippen molar-refractivity contribution in [2.45, 2.75) is 5.88 Å². The van der Waals surface area contributed by atoms with Gasteiger partial charge in [-0.1, -0.05) is 53.5 Å². The Kier molecular flexibility index (Phi) is 3.64. The van der Waals surface area contributed by atoms with Crippen LogP contribution in [0.4, 0.5) is 0 Å². The Labute approximate surface area is 108 Å². The second kappa shape index (κ2) is 5.00. The number of aromatic nitrogens is 2. The van der Waals surface area contributed by atoms with Crippen LogP contribution in [0.5, 0.6) is 0 Å². The number of hydrogen-bond acceptors (Lipinski definition) is 2. The molecule has 0 fully saturated rings. The van der Waals surface area contributed by atoms with Gasteiger partial charge in [-0.05, 0) is 5.56 Å². The van der Waals surface area contributed by atoms with Gasteiger partial charge < -0.3 is 0 Å². The largest absolute Gasteiger partial charge is 0.219 e. The Hall–Kier alpha value is -0.830. The Bertz CT molecular complexity index is 477. The van der Waals surface area contributed by atoms with Gasteiger partial charge in [0.15, 0.2) is 0 Å². The molecule has 1 aromatic carbocycles. The van der Waals surface area contributed by atoms with Gasteiger partial charge in [0.1, 0.15) is 16.1 Å². The van der Waals surface area contributed by atoms with E-state index in [-0.39, 0.29) is 5.88 Å². The number of nitrogens with zero attached hydrogens (tertiary/aromatic N) is 2. The van der Waals surface area contributed by atoms with Gasteiger partial charge in [0.25, 0.3) is 0 Å². The molecule has 0 atom stereocenters. The summed E-state index contributed by atoms with van der Waals surface area (Å²) in [5.41, 5.74) is 1.52. The van der Waals surface area contributed by atoms with E-state index in [9.17, 15) is 0 Å². The molecular weight excluding hydrogens is 266 g/mol. The summed E-state index contributed by atoms with van der Waals surface area (Å²) in [6.45, 7) is 0. The average molecular weight is 274 g/mol. The van der Waals surface area contributed by atoms with E-state index in [1.807, 2.05) is 30.3 Å². The Morgan fingerprint density at radius 3 is 2.00 bits per heavy atom. The van der Waals surface area contributed by atoms with E-state index in [2.05, 4.69) is 9.97 Å². The zero-order valence-electron chi connectivity index (χ0n) is 8.12. The normalized spacial score (nSPS) is 10.4. The van der Waals surface area contributed by atoms with Crippen molar-refractivity contribution in [3.05, 3.63) is 46.5 Å². The van der Waals surface area contributed by atoms with Crippen LogP contribution in [-0.4, -0.2) is 9.97 Å². The first-order valence-electron chi connectivity index (χ1n) is 4.55. The van der Waals surface area contributed by atoms with Crippen LogP contribution in [0.3, 0.4) is 0 Å². The van der Waals surface area contributed by atoms with Gasteiger partial charge in [0.05, 0.1) is 11.4 Å². The summed E-state index contributed by atoms with van der Waals surface area (Å²) in [6, 6.07) is 9.52. The molecule has 0 N–H and O–H groups in total. The number of rotatable bonds is 2. The highest BCUT2D eigenvalue weighted by atomic mass is 35.5. The summed E-state index contributed by atoms with van der Waals surface area (Å²) < 4.78 is 0. The smallest absolute Gasteiger partial charge is 0.146 e.